The maximum Gasteiger partial charge on any atom is 0.307 e. The van der Waals surface area contributed by atoms with E-state index >= 15 is 0 Å². The molecule has 3 aromatic rings. The molecule has 0 aliphatic carbocycles. The van der Waals surface area contributed by atoms with Gasteiger partial charge in [0.25, 0.3) is 0 Å². The van der Waals surface area contributed by atoms with Crippen molar-refractivity contribution >= 4 is 27.9 Å². The number of phenols is 1. The molecule has 0 radical (unpaired) electrons. The average molecular weight is 242 g/mol. The fraction of sp³-hybridized carbons (Fsp3) is 0.0714. The molecule has 0 unspecified atom stereocenters. The summed E-state index contributed by atoms with van der Waals surface area (Å²) < 4.78 is 5.59. The monoisotopic (exact) mass is 242 g/mol. The van der Waals surface area contributed by atoms with Crippen LogP contribution in [0.4, 0.5) is 0 Å². The lowest BCUT2D eigenvalue weighted by Gasteiger charge is -2.01. The van der Waals surface area contributed by atoms with E-state index in [4.69, 9.17) is 9.52 Å². The van der Waals surface area contributed by atoms with Gasteiger partial charge in [0, 0.05) is 22.4 Å². The molecule has 0 fully saturated rings. The van der Waals surface area contributed by atoms with Gasteiger partial charge in [0.15, 0.2) is 0 Å². The fourth-order valence-corrected chi connectivity index (χ4v) is 2.11. The molecule has 3 rings (SSSR count). The molecule has 0 spiro atoms. The molecule has 1 heterocycles. The van der Waals surface area contributed by atoms with Gasteiger partial charge in [0.2, 0.25) is 0 Å². The van der Waals surface area contributed by atoms with Crippen molar-refractivity contribution in [2.75, 3.05) is 0 Å². The summed E-state index contributed by atoms with van der Waals surface area (Å²) in [6.45, 7) is 0. The lowest BCUT2D eigenvalue weighted by atomic mass is 10.1. The Hall–Kier alpha value is -2.49. The highest BCUT2D eigenvalue weighted by Crippen LogP contribution is 2.33. The summed E-state index contributed by atoms with van der Waals surface area (Å²) in [7, 11) is 0. The fourth-order valence-electron chi connectivity index (χ4n) is 2.11. The van der Waals surface area contributed by atoms with Gasteiger partial charge >= 0.3 is 5.97 Å². The SMILES string of the molecule is O=C(O)Cc1cc2c(cc1O)oc1ccccc12. The largest absolute Gasteiger partial charge is 0.508 e. The van der Waals surface area contributed by atoms with Gasteiger partial charge in [-0.05, 0) is 12.1 Å². The number of rotatable bonds is 2. The highest BCUT2D eigenvalue weighted by Gasteiger charge is 2.12. The quantitative estimate of drug-likeness (QED) is 0.724. The number of hydrogen-bond donors (Lipinski definition) is 2. The highest BCUT2D eigenvalue weighted by atomic mass is 16.4. The molecule has 0 saturated carbocycles. The van der Waals surface area contributed by atoms with E-state index < -0.39 is 5.97 Å². The van der Waals surface area contributed by atoms with Crippen molar-refractivity contribution in [3.05, 3.63) is 42.0 Å². The van der Waals surface area contributed by atoms with Crippen LogP contribution in [0.1, 0.15) is 5.56 Å². The van der Waals surface area contributed by atoms with Crippen molar-refractivity contribution in [1.29, 1.82) is 0 Å². The average Bonchev–Trinajstić information content (AvgIpc) is 2.66. The molecule has 0 atom stereocenters. The van der Waals surface area contributed by atoms with Crippen LogP contribution in [0.5, 0.6) is 5.75 Å². The number of aromatic hydroxyl groups is 1. The first-order chi connectivity index (χ1) is 8.65. The van der Waals surface area contributed by atoms with E-state index in [0.717, 1.165) is 16.4 Å². The summed E-state index contributed by atoms with van der Waals surface area (Å²) in [5, 5.41) is 20.3. The van der Waals surface area contributed by atoms with Crippen molar-refractivity contribution in [2.45, 2.75) is 6.42 Å². The molecule has 0 aliphatic rings. The Kier molecular flexibility index (Phi) is 2.23. The zero-order valence-electron chi connectivity index (χ0n) is 9.38. The van der Waals surface area contributed by atoms with Crippen LogP contribution in [-0.4, -0.2) is 16.2 Å². The molecule has 2 aromatic carbocycles. The molecular weight excluding hydrogens is 232 g/mol. The smallest absolute Gasteiger partial charge is 0.307 e. The van der Waals surface area contributed by atoms with E-state index in [1.807, 2.05) is 24.3 Å². The second-order valence-electron chi connectivity index (χ2n) is 4.15. The van der Waals surface area contributed by atoms with E-state index in [0.29, 0.717) is 11.1 Å². The number of hydrogen-bond acceptors (Lipinski definition) is 3. The molecule has 2 N–H and O–H groups in total. The maximum absolute atomic E-state index is 10.7. The number of para-hydroxylation sites is 1. The molecule has 0 bridgehead atoms. The molecule has 18 heavy (non-hydrogen) atoms. The van der Waals surface area contributed by atoms with Gasteiger partial charge in [0.05, 0.1) is 6.42 Å². The van der Waals surface area contributed by atoms with Crippen molar-refractivity contribution in [1.82, 2.24) is 0 Å². The van der Waals surface area contributed by atoms with E-state index in [2.05, 4.69) is 0 Å². The third kappa shape index (κ3) is 1.59. The van der Waals surface area contributed by atoms with Crippen molar-refractivity contribution < 1.29 is 19.4 Å². The van der Waals surface area contributed by atoms with E-state index in [-0.39, 0.29) is 12.2 Å². The molecule has 0 saturated heterocycles. The molecule has 1 aromatic heterocycles. The maximum atomic E-state index is 10.7. The number of aliphatic carboxylic acids is 1. The van der Waals surface area contributed by atoms with Crippen LogP contribution in [0.2, 0.25) is 0 Å². The van der Waals surface area contributed by atoms with Crippen LogP contribution in [0.15, 0.2) is 40.8 Å². The number of furan rings is 1. The molecule has 4 nitrogen and oxygen atoms in total. The van der Waals surface area contributed by atoms with Crippen LogP contribution in [0.3, 0.4) is 0 Å². The minimum atomic E-state index is -0.975. The van der Waals surface area contributed by atoms with Crippen LogP contribution in [0, 0.1) is 0 Å². The van der Waals surface area contributed by atoms with Crippen molar-refractivity contribution in [3.63, 3.8) is 0 Å². The van der Waals surface area contributed by atoms with Crippen LogP contribution >= 0.6 is 0 Å². The molecule has 0 amide bonds. The van der Waals surface area contributed by atoms with Crippen LogP contribution in [0.25, 0.3) is 21.9 Å². The predicted octanol–water partition coefficient (Wildman–Crippen LogP) is 2.92. The zero-order chi connectivity index (χ0) is 12.7. The predicted molar refractivity (Wildman–Crippen MR) is 66.7 cm³/mol. The number of carboxylic acids is 1. The van der Waals surface area contributed by atoms with Crippen molar-refractivity contribution in [3.8, 4) is 5.75 Å². The first kappa shape index (κ1) is 10.7. The van der Waals surface area contributed by atoms with Gasteiger partial charge in [-0.1, -0.05) is 18.2 Å². The summed E-state index contributed by atoms with van der Waals surface area (Å²) in [4.78, 5) is 10.7. The minimum absolute atomic E-state index is 0.0519. The topological polar surface area (TPSA) is 70.7 Å². The second kappa shape index (κ2) is 3.77. The second-order valence-corrected chi connectivity index (χ2v) is 4.15. The standard InChI is InChI=1S/C14H10O4/c15-11-7-13-10(5-8(11)6-14(16)17)9-3-1-2-4-12(9)18-13/h1-5,7,15H,6H2,(H,16,17). The lowest BCUT2D eigenvalue weighted by Crippen LogP contribution is -1.99. The van der Waals surface area contributed by atoms with Gasteiger partial charge < -0.3 is 14.6 Å². The molecular formula is C14H10O4. The van der Waals surface area contributed by atoms with E-state index in [9.17, 15) is 9.90 Å². The van der Waals surface area contributed by atoms with E-state index in [1.54, 1.807) is 6.07 Å². The Bertz CT molecular complexity index is 755. The first-order valence-electron chi connectivity index (χ1n) is 5.50. The Morgan fingerprint density at radius 3 is 2.67 bits per heavy atom. The Morgan fingerprint density at radius 1 is 1.11 bits per heavy atom. The van der Waals surface area contributed by atoms with Gasteiger partial charge in [-0.15, -0.1) is 0 Å². The Labute approximate surface area is 102 Å². The summed E-state index contributed by atoms with van der Waals surface area (Å²) in [5.74, 6) is -1.03. The van der Waals surface area contributed by atoms with Gasteiger partial charge in [-0.25, -0.2) is 0 Å². The Morgan fingerprint density at radius 2 is 1.89 bits per heavy atom. The minimum Gasteiger partial charge on any atom is -0.508 e. The first-order valence-corrected chi connectivity index (χ1v) is 5.50. The highest BCUT2D eigenvalue weighted by molar-refractivity contribution is 6.05. The zero-order valence-corrected chi connectivity index (χ0v) is 9.38. The van der Waals surface area contributed by atoms with Crippen LogP contribution < -0.4 is 0 Å². The van der Waals surface area contributed by atoms with E-state index in [1.165, 1.54) is 6.07 Å². The third-order valence-electron chi connectivity index (χ3n) is 2.92. The third-order valence-corrected chi connectivity index (χ3v) is 2.92. The summed E-state index contributed by atoms with van der Waals surface area (Å²) in [5.41, 5.74) is 1.67. The summed E-state index contributed by atoms with van der Waals surface area (Å²) in [6, 6.07) is 10.6. The summed E-state index contributed by atoms with van der Waals surface area (Å²) >= 11 is 0. The number of fused-ring (bicyclic) bond motifs is 3. The number of phenolic OH excluding ortho intramolecular Hbond substituents is 1. The van der Waals surface area contributed by atoms with Crippen molar-refractivity contribution in [2.24, 2.45) is 0 Å². The number of benzene rings is 2. The number of carbonyl (C=O) groups is 1. The number of carboxylic acid groups (broad SMARTS) is 1. The van der Waals surface area contributed by atoms with Crippen LogP contribution in [-0.2, 0) is 11.2 Å². The molecule has 90 valence electrons. The van der Waals surface area contributed by atoms with Gasteiger partial charge in [-0.2, -0.15) is 0 Å². The summed E-state index contributed by atoms with van der Waals surface area (Å²) in [6.07, 6.45) is -0.207. The van der Waals surface area contributed by atoms with Gasteiger partial charge in [-0.3, -0.25) is 4.79 Å². The van der Waals surface area contributed by atoms with Gasteiger partial charge in [0.1, 0.15) is 16.9 Å². The normalized spacial score (nSPS) is 11.1. The molecule has 4 heteroatoms. The lowest BCUT2D eigenvalue weighted by molar-refractivity contribution is -0.136. The molecule has 0 aliphatic heterocycles. The Balaban J connectivity index is 2.31.